The quantitative estimate of drug-likeness (QED) is 0.395. The molecule has 0 aromatic heterocycles. The maximum Gasteiger partial charge on any atom is 0.311 e. The van der Waals surface area contributed by atoms with E-state index in [9.17, 15) is 25.4 Å². The number of benzene rings is 1. The summed E-state index contributed by atoms with van der Waals surface area (Å²) >= 11 is 0. The Hall–Kier alpha value is -1.90. The Morgan fingerprint density at radius 2 is 1.90 bits per heavy atom. The minimum atomic E-state index is -1.31. The predicted molar refractivity (Wildman–Crippen MR) is 71.9 cm³/mol. The van der Waals surface area contributed by atoms with Gasteiger partial charge in [-0.2, -0.15) is 0 Å². The smallest absolute Gasteiger partial charge is 0.311 e. The Morgan fingerprint density at radius 3 is 2.35 bits per heavy atom. The number of ether oxygens (including phenoxy) is 1. The molecule has 0 spiro atoms. The van der Waals surface area contributed by atoms with E-state index < -0.39 is 30.3 Å². The van der Waals surface area contributed by atoms with Crippen LogP contribution < -0.4 is 10.1 Å². The van der Waals surface area contributed by atoms with E-state index in [4.69, 9.17) is 4.74 Å². The molecule has 0 fully saturated rings. The maximum absolute atomic E-state index is 10.8. The highest BCUT2D eigenvalue weighted by molar-refractivity contribution is 5.59. The largest absolute Gasteiger partial charge is 0.487 e. The molecule has 8 nitrogen and oxygen atoms in total. The van der Waals surface area contributed by atoms with Gasteiger partial charge in [0.05, 0.1) is 31.4 Å². The number of nitro groups is 1. The van der Waals surface area contributed by atoms with Gasteiger partial charge in [-0.1, -0.05) is 0 Å². The van der Waals surface area contributed by atoms with Crippen molar-refractivity contribution >= 4 is 11.4 Å². The van der Waals surface area contributed by atoms with Gasteiger partial charge in [-0.25, -0.2) is 0 Å². The Kier molecular flexibility index (Phi) is 5.68. The number of nitro benzene ring substituents is 1. The standard InChI is InChI=1S/C12H18N2O6/c1-2-20-11-5-9(3-4-10(11)14(18)19)13-12(6-15,7-16)8-17/h3-5,13,15-17H,2,6-8H2,1H3. The number of rotatable bonds is 8. The third kappa shape index (κ3) is 3.56. The Labute approximate surface area is 115 Å². The molecule has 0 saturated heterocycles. The van der Waals surface area contributed by atoms with Crippen molar-refractivity contribution in [3.05, 3.63) is 28.3 Å². The van der Waals surface area contributed by atoms with Crippen LogP contribution in [0.1, 0.15) is 6.92 Å². The van der Waals surface area contributed by atoms with Gasteiger partial charge in [0.25, 0.3) is 0 Å². The second kappa shape index (κ2) is 7.04. The molecule has 112 valence electrons. The van der Waals surface area contributed by atoms with Crippen molar-refractivity contribution in [3.63, 3.8) is 0 Å². The van der Waals surface area contributed by atoms with Crippen molar-refractivity contribution in [2.45, 2.75) is 12.5 Å². The van der Waals surface area contributed by atoms with E-state index in [2.05, 4.69) is 5.32 Å². The lowest BCUT2D eigenvalue weighted by Gasteiger charge is -2.30. The summed E-state index contributed by atoms with van der Waals surface area (Å²) in [5, 5.41) is 41.3. The second-order valence-electron chi connectivity index (χ2n) is 4.25. The van der Waals surface area contributed by atoms with Crippen molar-refractivity contribution in [3.8, 4) is 5.75 Å². The van der Waals surface area contributed by atoms with Gasteiger partial charge in [0, 0.05) is 17.8 Å². The average Bonchev–Trinajstić information content (AvgIpc) is 2.45. The lowest BCUT2D eigenvalue weighted by Crippen LogP contribution is -2.49. The zero-order chi connectivity index (χ0) is 15.2. The van der Waals surface area contributed by atoms with Crippen LogP contribution in [0.15, 0.2) is 18.2 Å². The lowest BCUT2D eigenvalue weighted by atomic mass is 10.0. The first-order chi connectivity index (χ1) is 9.51. The molecule has 4 N–H and O–H groups in total. The van der Waals surface area contributed by atoms with Gasteiger partial charge >= 0.3 is 5.69 Å². The molecular formula is C12H18N2O6. The molecule has 0 heterocycles. The maximum atomic E-state index is 10.8. The van der Waals surface area contributed by atoms with Crippen molar-refractivity contribution in [2.75, 3.05) is 31.7 Å². The highest BCUT2D eigenvalue weighted by atomic mass is 16.6. The minimum Gasteiger partial charge on any atom is -0.487 e. The van der Waals surface area contributed by atoms with Gasteiger partial charge in [0.15, 0.2) is 5.75 Å². The summed E-state index contributed by atoms with van der Waals surface area (Å²) < 4.78 is 5.19. The SMILES string of the molecule is CCOc1cc(NC(CO)(CO)CO)ccc1[N+](=O)[O-]. The van der Waals surface area contributed by atoms with Crippen LogP contribution in [0.4, 0.5) is 11.4 Å². The topological polar surface area (TPSA) is 125 Å². The van der Waals surface area contributed by atoms with Gasteiger partial charge in [0.1, 0.15) is 5.54 Å². The molecular weight excluding hydrogens is 268 g/mol. The van der Waals surface area contributed by atoms with Crippen LogP contribution in [0.25, 0.3) is 0 Å². The van der Waals surface area contributed by atoms with Crippen molar-refractivity contribution in [1.29, 1.82) is 0 Å². The van der Waals surface area contributed by atoms with Gasteiger partial charge in [-0.15, -0.1) is 0 Å². The normalized spacial score (nSPS) is 11.2. The van der Waals surface area contributed by atoms with Crippen LogP contribution in [0.2, 0.25) is 0 Å². The van der Waals surface area contributed by atoms with Gasteiger partial charge in [-0.05, 0) is 13.0 Å². The third-order valence-corrected chi connectivity index (χ3v) is 2.77. The summed E-state index contributed by atoms with van der Waals surface area (Å²) in [7, 11) is 0. The van der Waals surface area contributed by atoms with Gasteiger partial charge in [-0.3, -0.25) is 10.1 Å². The van der Waals surface area contributed by atoms with Crippen LogP contribution in [0, 0.1) is 10.1 Å². The van der Waals surface area contributed by atoms with E-state index >= 15 is 0 Å². The van der Waals surface area contributed by atoms with Crippen LogP contribution in [0.3, 0.4) is 0 Å². The molecule has 1 rings (SSSR count). The van der Waals surface area contributed by atoms with Crippen LogP contribution in [-0.4, -0.2) is 52.2 Å². The van der Waals surface area contributed by atoms with Gasteiger partial charge in [0.2, 0.25) is 0 Å². The van der Waals surface area contributed by atoms with Crippen molar-refractivity contribution in [1.82, 2.24) is 0 Å². The molecule has 0 aliphatic heterocycles. The van der Waals surface area contributed by atoms with E-state index in [1.165, 1.54) is 18.2 Å². The molecule has 0 saturated carbocycles. The average molecular weight is 286 g/mol. The third-order valence-electron chi connectivity index (χ3n) is 2.77. The van der Waals surface area contributed by atoms with E-state index in [0.29, 0.717) is 5.69 Å². The van der Waals surface area contributed by atoms with E-state index in [0.717, 1.165) is 0 Å². The molecule has 1 aromatic carbocycles. The number of hydrogen-bond acceptors (Lipinski definition) is 7. The number of aliphatic hydroxyl groups is 3. The molecule has 0 radical (unpaired) electrons. The molecule has 0 unspecified atom stereocenters. The van der Waals surface area contributed by atoms with E-state index in [-0.39, 0.29) is 18.0 Å². The predicted octanol–water partition coefficient (Wildman–Crippen LogP) is 0.121. The fourth-order valence-electron chi connectivity index (χ4n) is 1.59. The molecule has 20 heavy (non-hydrogen) atoms. The van der Waals surface area contributed by atoms with Gasteiger partial charge < -0.3 is 25.4 Å². The highest BCUT2D eigenvalue weighted by Gasteiger charge is 2.28. The fourth-order valence-corrected chi connectivity index (χ4v) is 1.59. The Morgan fingerprint density at radius 1 is 1.30 bits per heavy atom. The zero-order valence-corrected chi connectivity index (χ0v) is 11.1. The highest BCUT2D eigenvalue weighted by Crippen LogP contribution is 2.31. The van der Waals surface area contributed by atoms with E-state index in [1.54, 1.807) is 6.92 Å². The van der Waals surface area contributed by atoms with E-state index in [1.807, 2.05) is 0 Å². The molecule has 8 heteroatoms. The second-order valence-corrected chi connectivity index (χ2v) is 4.25. The molecule has 0 bridgehead atoms. The fraction of sp³-hybridized carbons (Fsp3) is 0.500. The van der Waals surface area contributed by atoms with Crippen molar-refractivity contribution < 1.29 is 25.0 Å². The lowest BCUT2D eigenvalue weighted by molar-refractivity contribution is -0.385. The molecule has 0 amide bonds. The zero-order valence-electron chi connectivity index (χ0n) is 11.1. The number of aliphatic hydroxyl groups excluding tert-OH is 3. The summed E-state index contributed by atoms with van der Waals surface area (Å²) in [6.07, 6.45) is 0. The molecule has 1 aromatic rings. The Bertz CT molecular complexity index is 453. The Balaban J connectivity index is 3.08. The summed E-state index contributed by atoms with van der Waals surface area (Å²) in [5.41, 5.74) is -1.10. The summed E-state index contributed by atoms with van der Waals surface area (Å²) in [6.45, 7) is 0.460. The minimum absolute atomic E-state index is 0.0743. The summed E-state index contributed by atoms with van der Waals surface area (Å²) in [4.78, 5) is 10.3. The number of hydrogen-bond donors (Lipinski definition) is 4. The number of anilines is 1. The number of nitrogens with one attached hydrogen (secondary N) is 1. The first kappa shape index (κ1) is 16.2. The van der Waals surface area contributed by atoms with Crippen LogP contribution >= 0.6 is 0 Å². The number of nitrogens with zero attached hydrogens (tertiary/aromatic N) is 1. The molecule has 0 aliphatic carbocycles. The molecule has 0 atom stereocenters. The first-order valence-electron chi connectivity index (χ1n) is 6.04. The van der Waals surface area contributed by atoms with Crippen LogP contribution in [-0.2, 0) is 0 Å². The van der Waals surface area contributed by atoms with Crippen LogP contribution in [0.5, 0.6) is 5.75 Å². The molecule has 0 aliphatic rings. The first-order valence-corrected chi connectivity index (χ1v) is 6.04. The van der Waals surface area contributed by atoms with Crippen molar-refractivity contribution in [2.24, 2.45) is 0 Å². The monoisotopic (exact) mass is 286 g/mol. The summed E-state index contributed by atoms with van der Waals surface area (Å²) in [6, 6.07) is 4.05. The summed E-state index contributed by atoms with van der Waals surface area (Å²) in [5.74, 6) is 0.0743.